The van der Waals surface area contributed by atoms with E-state index in [1.54, 1.807) is 6.20 Å². The number of anilines is 1. The summed E-state index contributed by atoms with van der Waals surface area (Å²) in [5.74, 6) is 0.455. The molecule has 2 aliphatic heterocycles. The number of carbonyl (C=O) groups is 1. The van der Waals surface area contributed by atoms with Gasteiger partial charge in [0, 0.05) is 36.4 Å². The van der Waals surface area contributed by atoms with E-state index in [0.29, 0.717) is 18.2 Å². The number of fused-ring (bicyclic) bond motifs is 1. The van der Waals surface area contributed by atoms with Crippen LogP contribution in [0, 0.1) is 23.2 Å². The van der Waals surface area contributed by atoms with E-state index in [4.69, 9.17) is 0 Å². The van der Waals surface area contributed by atoms with Gasteiger partial charge in [0.25, 0.3) is 0 Å². The van der Waals surface area contributed by atoms with E-state index in [1.165, 1.54) is 0 Å². The maximum absolute atomic E-state index is 12.9. The van der Waals surface area contributed by atoms with E-state index in [1.807, 2.05) is 24.3 Å². The topological polar surface area (TPSA) is 72.3 Å². The highest BCUT2D eigenvalue weighted by Gasteiger charge is 2.36. The van der Waals surface area contributed by atoms with Crippen molar-refractivity contribution in [2.75, 3.05) is 38.1 Å². The van der Waals surface area contributed by atoms with Gasteiger partial charge in [-0.25, -0.2) is 0 Å². The molecule has 2 aromatic rings. The lowest BCUT2D eigenvalue weighted by atomic mass is 9.96. The molecule has 1 aromatic carbocycles. The number of hydrogen-bond donors (Lipinski definition) is 1. The molecule has 1 N–H and O–H groups in total. The maximum atomic E-state index is 12.9. The second-order valence-electron chi connectivity index (χ2n) is 8.22. The van der Waals surface area contributed by atoms with E-state index in [0.717, 1.165) is 49.1 Å². The third-order valence-electron chi connectivity index (χ3n) is 6.22. The smallest absolute Gasteiger partial charge is 0.225 e. The van der Waals surface area contributed by atoms with E-state index in [2.05, 4.69) is 40.1 Å². The number of hydrogen-bond acceptors (Lipinski definition) is 5. The van der Waals surface area contributed by atoms with Crippen LogP contribution in [0.3, 0.4) is 0 Å². The number of carbonyl (C=O) groups excluding carboxylic acids is 1. The van der Waals surface area contributed by atoms with Crippen molar-refractivity contribution in [1.29, 1.82) is 5.26 Å². The van der Waals surface area contributed by atoms with Gasteiger partial charge in [-0.05, 0) is 63.2 Å². The zero-order valence-corrected chi connectivity index (χ0v) is 16.6. The summed E-state index contributed by atoms with van der Waals surface area (Å²) in [4.78, 5) is 21.9. The Morgan fingerprint density at radius 3 is 2.79 bits per heavy atom. The van der Waals surface area contributed by atoms with Gasteiger partial charge in [0.1, 0.15) is 6.07 Å². The predicted molar refractivity (Wildman–Crippen MR) is 110 cm³/mol. The zero-order valence-electron chi connectivity index (χ0n) is 16.6. The number of pyridine rings is 1. The third kappa shape index (κ3) is 3.55. The molecule has 6 heteroatoms. The SMILES string of the molecule is C[C@H]1CN(c2ccc(C#N)c3ncccc23)C[C@@H]1C(=O)NC1CCN(C)CC1. The molecule has 28 heavy (non-hydrogen) atoms. The van der Waals surface area contributed by atoms with Gasteiger partial charge in [0.15, 0.2) is 0 Å². The van der Waals surface area contributed by atoms with E-state index in [9.17, 15) is 10.1 Å². The number of aromatic nitrogens is 1. The van der Waals surface area contributed by atoms with Crippen LogP contribution in [0.5, 0.6) is 0 Å². The standard InChI is InChI=1S/C22H27N5O/c1-15-13-27(14-19(15)22(28)25-17-7-10-26(2)11-8-17)20-6-5-16(12-23)21-18(20)4-3-9-24-21/h3-6,9,15,17,19H,7-8,10-11,13-14H2,1-2H3,(H,25,28)/t15-,19-/m0/s1. The normalized spacial score (nSPS) is 23.7. The van der Waals surface area contributed by atoms with Gasteiger partial charge in [-0.1, -0.05) is 6.92 Å². The van der Waals surface area contributed by atoms with Crippen LogP contribution in [-0.4, -0.2) is 55.1 Å². The lowest BCUT2D eigenvalue weighted by Crippen LogP contribution is -2.46. The van der Waals surface area contributed by atoms with Crippen molar-refractivity contribution in [3.63, 3.8) is 0 Å². The number of rotatable bonds is 3. The predicted octanol–water partition coefficient (Wildman–Crippen LogP) is 2.39. The highest BCUT2D eigenvalue weighted by molar-refractivity contribution is 5.95. The van der Waals surface area contributed by atoms with Crippen molar-refractivity contribution < 1.29 is 4.79 Å². The minimum atomic E-state index is -0.0120. The number of nitrogens with zero attached hydrogens (tertiary/aromatic N) is 4. The fraction of sp³-hybridized carbons (Fsp3) is 0.500. The van der Waals surface area contributed by atoms with Crippen molar-refractivity contribution in [1.82, 2.24) is 15.2 Å². The largest absolute Gasteiger partial charge is 0.370 e. The minimum Gasteiger partial charge on any atom is -0.370 e. The number of benzene rings is 1. The highest BCUT2D eigenvalue weighted by Crippen LogP contribution is 2.34. The summed E-state index contributed by atoms with van der Waals surface area (Å²) in [6.45, 7) is 5.78. The van der Waals surface area contributed by atoms with Crippen molar-refractivity contribution in [2.45, 2.75) is 25.8 Å². The van der Waals surface area contributed by atoms with Crippen molar-refractivity contribution in [3.05, 3.63) is 36.0 Å². The van der Waals surface area contributed by atoms with Gasteiger partial charge in [0.05, 0.1) is 17.0 Å². The van der Waals surface area contributed by atoms with Crippen molar-refractivity contribution in [3.8, 4) is 6.07 Å². The average molecular weight is 377 g/mol. The highest BCUT2D eigenvalue weighted by atomic mass is 16.2. The Morgan fingerprint density at radius 2 is 2.04 bits per heavy atom. The van der Waals surface area contributed by atoms with E-state index >= 15 is 0 Å². The Morgan fingerprint density at radius 1 is 1.25 bits per heavy atom. The van der Waals surface area contributed by atoms with Gasteiger partial charge >= 0.3 is 0 Å². The second-order valence-corrected chi connectivity index (χ2v) is 8.22. The summed E-state index contributed by atoms with van der Waals surface area (Å²) in [5, 5.41) is 13.6. The summed E-state index contributed by atoms with van der Waals surface area (Å²) in [6.07, 6.45) is 3.77. The van der Waals surface area contributed by atoms with E-state index < -0.39 is 0 Å². The Kier molecular flexibility index (Phi) is 5.19. The first kappa shape index (κ1) is 18.7. The number of likely N-dealkylation sites (tertiary alicyclic amines) is 1. The number of piperidine rings is 1. The van der Waals surface area contributed by atoms with Crippen LogP contribution in [0.25, 0.3) is 10.9 Å². The first-order valence-corrected chi connectivity index (χ1v) is 10.1. The summed E-state index contributed by atoms with van der Waals surface area (Å²) >= 11 is 0. The van der Waals surface area contributed by atoms with Crippen LogP contribution in [0.15, 0.2) is 30.5 Å². The Labute approximate surface area is 166 Å². The minimum absolute atomic E-state index is 0.0120. The van der Waals surface area contributed by atoms with Crippen molar-refractivity contribution >= 4 is 22.5 Å². The number of amides is 1. The molecule has 3 heterocycles. The molecule has 0 aliphatic carbocycles. The molecule has 1 aromatic heterocycles. The molecule has 0 unspecified atom stereocenters. The van der Waals surface area contributed by atoms with Crippen LogP contribution in [0.1, 0.15) is 25.3 Å². The quantitative estimate of drug-likeness (QED) is 0.889. The summed E-state index contributed by atoms with van der Waals surface area (Å²) in [6, 6.07) is 10.3. The zero-order chi connectivity index (χ0) is 19.7. The lowest BCUT2D eigenvalue weighted by molar-refractivity contribution is -0.126. The average Bonchev–Trinajstić information content (AvgIpc) is 3.10. The molecule has 2 fully saturated rings. The van der Waals surface area contributed by atoms with Gasteiger partial charge in [-0.15, -0.1) is 0 Å². The molecule has 0 saturated carbocycles. The summed E-state index contributed by atoms with van der Waals surface area (Å²) < 4.78 is 0. The number of nitriles is 1. The van der Waals surface area contributed by atoms with Gasteiger partial charge < -0.3 is 15.1 Å². The fourth-order valence-corrected chi connectivity index (χ4v) is 4.49. The van der Waals surface area contributed by atoms with Crippen LogP contribution in [0.4, 0.5) is 5.69 Å². The number of nitrogens with one attached hydrogen (secondary N) is 1. The first-order chi connectivity index (χ1) is 13.6. The van der Waals surface area contributed by atoms with Gasteiger partial charge in [-0.3, -0.25) is 9.78 Å². The molecule has 2 aliphatic rings. The Hall–Kier alpha value is -2.65. The summed E-state index contributed by atoms with van der Waals surface area (Å²) in [5.41, 5.74) is 2.38. The van der Waals surface area contributed by atoms with Crippen LogP contribution in [-0.2, 0) is 4.79 Å². The van der Waals surface area contributed by atoms with Gasteiger partial charge in [0.2, 0.25) is 5.91 Å². The molecule has 0 bridgehead atoms. The second kappa shape index (κ2) is 7.76. The molecule has 6 nitrogen and oxygen atoms in total. The molecule has 2 saturated heterocycles. The maximum Gasteiger partial charge on any atom is 0.225 e. The molecule has 0 spiro atoms. The molecular formula is C22H27N5O. The van der Waals surface area contributed by atoms with Crippen LogP contribution >= 0.6 is 0 Å². The lowest BCUT2D eigenvalue weighted by Gasteiger charge is -2.30. The third-order valence-corrected chi connectivity index (χ3v) is 6.22. The van der Waals surface area contributed by atoms with Crippen molar-refractivity contribution in [2.24, 2.45) is 11.8 Å². The molecule has 2 atom stereocenters. The summed E-state index contributed by atoms with van der Waals surface area (Å²) in [7, 11) is 2.13. The van der Waals surface area contributed by atoms with Crippen LogP contribution in [0.2, 0.25) is 0 Å². The van der Waals surface area contributed by atoms with Crippen LogP contribution < -0.4 is 10.2 Å². The molecular weight excluding hydrogens is 350 g/mol. The monoisotopic (exact) mass is 377 g/mol. The molecule has 0 radical (unpaired) electrons. The molecule has 146 valence electrons. The first-order valence-electron chi connectivity index (χ1n) is 10.1. The van der Waals surface area contributed by atoms with Gasteiger partial charge in [-0.2, -0.15) is 5.26 Å². The Balaban J connectivity index is 1.51. The Bertz CT molecular complexity index is 913. The van der Waals surface area contributed by atoms with E-state index in [-0.39, 0.29) is 17.7 Å². The fourth-order valence-electron chi connectivity index (χ4n) is 4.49. The molecule has 1 amide bonds. The molecule has 4 rings (SSSR count).